The number of nitrogens with zero attached hydrogens (tertiary/aromatic N) is 2. The van der Waals surface area contributed by atoms with Gasteiger partial charge in [0.25, 0.3) is 0 Å². The van der Waals surface area contributed by atoms with E-state index in [-0.39, 0.29) is 6.61 Å². The van der Waals surface area contributed by atoms with Gasteiger partial charge in [-0.15, -0.1) is 0 Å². The molecule has 0 heterocycles. The third-order valence-corrected chi connectivity index (χ3v) is 3.91. The van der Waals surface area contributed by atoms with Gasteiger partial charge in [-0.1, -0.05) is 18.2 Å². The van der Waals surface area contributed by atoms with Crippen LogP contribution in [-0.2, 0) is 0 Å². The highest BCUT2D eigenvalue weighted by Gasteiger charge is 2.26. The lowest BCUT2D eigenvalue weighted by molar-refractivity contribution is 0.264. The maximum Gasteiger partial charge on any atom is 0.205 e. The Labute approximate surface area is 149 Å². The Hall–Kier alpha value is -2.75. The summed E-state index contributed by atoms with van der Waals surface area (Å²) in [6, 6.07) is 10.8. The van der Waals surface area contributed by atoms with Crippen molar-refractivity contribution in [1.82, 2.24) is 0 Å². The van der Waals surface area contributed by atoms with Crippen LogP contribution in [0.3, 0.4) is 0 Å². The number of hydrogen-bond acceptors (Lipinski definition) is 3. The van der Waals surface area contributed by atoms with Crippen LogP contribution in [0.4, 0.5) is 23.2 Å². The number of nitriles is 1. The quantitative estimate of drug-likeness (QED) is 0.382. The number of rotatable bonds is 8. The first-order chi connectivity index (χ1) is 12.5. The molecule has 2 rings (SSSR count). The summed E-state index contributed by atoms with van der Waals surface area (Å²) >= 11 is 0. The third-order valence-electron chi connectivity index (χ3n) is 3.91. The number of anilines is 1. The minimum Gasteiger partial charge on any atom is -0.487 e. The van der Waals surface area contributed by atoms with Crippen molar-refractivity contribution in [3.63, 3.8) is 0 Å². The molecule has 0 unspecified atom stereocenters. The minimum absolute atomic E-state index is 0.106. The van der Waals surface area contributed by atoms with Crippen LogP contribution in [0, 0.1) is 34.6 Å². The molecule has 0 radical (unpaired) electrons. The summed E-state index contributed by atoms with van der Waals surface area (Å²) in [6.45, 7) is 3.40. The van der Waals surface area contributed by atoms with Crippen LogP contribution in [0.2, 0.25) is 0 Å². The SMILES string of the molecule is CCN(CCCCOc1c(F)c(F)c(C#N)c(F)c1F)c1ccccc1. The van der Waals surface area contributed by atoms with Crippen LogP contribution in [0.25, 0.3) is 0 Å². The zero-order chi connectivity index (χ0) is 19.1. The van der Waals surface area contributed by atoms with Crippen LogP contribution >= 0.6 is 0 Å². The standard InChI is InChI=1S/C19H18F4N2O/c1-2-25(13-8-4-3-5-9-13)10-6-7-11-26-19-17(22)15(20)14(12-24)16(21)18(19)23/h3-5,8-9H,2,6-7,10-11H2,1H3. The smallest absolute Gasteiger partial charge is 0.205 e. The Morgan fingerprint density at radius 3 is 2.12 bits per heavy atom. The number of halogens is 4. The largest absolute Gasteiger partial charge is 0.487 e. The van der Waals surface area contributed by atoms with Crippen molar-refractivity contribution in [2.45, 2.75) is 19.8 Å². The van der Waals surface area contributed by atoms with Crippen molar-refractivity contribution in [1.29, 1.82) is 5.26 Å². The third kappa shape index (κ3) is 4.26. The molecule has 0 aromatic heterocycles. The van der Waals surface area contributed by atoms with Gasteiger partial charge in [0.2, 0.25) is 11.6 Å². The average molecular weight is 366 g/mol. The van der Waals surface area contributed by atoms with Crippen LogP contribution in [0.15, 0.2) is 30.3 Å². The van der Waals surface area contributed by atoms with Crippen LogP contribution < -0.4 is 9.64 Å². The van der Waals surface area contributed by atoms with Gasteiger partial charge in [-0.25, -0.2) is 8.78 Å². The molecule has 2 aromatic rings. The van der Waals surface area contributed by atoms with Gasteiger partial charge in [0, 0.05) is 18.8 Å². The van der Waals surface area contributed by atoms with Gasteiger partial charge in [-0.05, 0) is 31.9 Å². The molecule has 0 aliphatic heterocycles. The molecule has 0 fully saturated rings. The van der Waals surface area contributed by atoms with Crippen molar-refractivity contribution < 1.29 is 22.3 Å². The maximum absolute atomic E-state index is 13.7. The first-order valence-corrected chi connectivity index (χ1v) is 8.20. The Kier molecular flexibility index (Phi) is 6.84. The molecule has 2 aromatic carbocycles. The van der Waals surface area contributed by atoms with Crippen LogP contribution in [0.5, 0.6) is 5.75 Å². The number of unbranched alkanes of at least 4 members (excludes halogenated alkanes) is 1. The van der Waals surface area contributed by atoms with Crippen molar-refractivity contribution in [2.24, 2.45) is 0 Å². The molecule has 0 bridgehead atoms. The lowest BCUT2D eigenvalue weighted by Crippen LogP contribution is -2.24. The molecular weight excluding hydrogens is 348 g/mol. The Morgan fingerprint density at radius 1 is 0.962 bits per heavy atom. The first kappa shape index (κ1) is 19.6. The molecule has 7 heteroatoms. The van der Waals surface area contributed by atoms with E-state index in [9.17, 15) is 17.6 Å². The Bertz CT molecular complexity index is 761. The Balaban J connectivity index is 1.92. The molecule has 3 nitrogen and oxygen atoms in total. The summed E-state index contributed by atoms with van der Waals surface area (Å²) in [6.07, 6.45) is 1.10. The average Bonchev–Trinajstić information content (AvgIpc) is 2.66. The first-order valence-electron chi connectivity index (χ1n) is 8.20. The molecule has 0 atom stereocenters. The monoisotopic (exact) mass is 366 g/mol. The van der Waals surface area contributed by atoms with Gasteiger partial charge in [0.05, 0.1) is 6.61 Å². The highest BCUT2D eigenvalue weighted by Crippen LogP contribution is 2.29. The number of ether oxygens (including phenoxy) is 1. The molecule has 0 spiro atoms. The van der Waals surface area contributed by atoms with Crippen molar-refractivity contribution >= 4 is 5.69 Å². The van der Waals surface area contributed by atoms with E-state index >= 15 is 0 Å². The Morgan fingerprint density at radius 2 is 1.58 bits per heavy atom. The van der Waals surface area contributed by atoms with Crippen molar-refractivity contribution in [2.75, 3.05) is 24.6 Å². The predicted molar refractivity (Wildman–Crippen MR) is 90.0 cm³/mol. The molecular formula is C19H18F4N2O. The molecule has 26 heavy (non-hydrogen) atoms. The fourth-order valence-electron chi connectivity index (χ4n) is 2.52. The highest BCUT2D eigenvalue weighted by atomic mass is 19.2. The molecule has 0 saturated carbocycles. The van der Waals surface area contributed by atoms with Gasteiger partial charge >= 0.3 is 0 Å². The molecule has 0 amide bonds. The zero-order valence-electron chi connectivity index (χ0n) is 14.2. The van der Waals surface area contributed by atoms with Crippen LogP contribution in [0.1, 0.15) is 25.3 Å². The summed E-state index contributed by atoms with van der Waals surface area (Å²) < 4.78 is 59.4. The fourth-order valence-corrected chi connectivity index (χ4v) is 2.52. The second-order valence-corrected chi connectivity index (χ2v) is 5.54. The molecule has 0 N–H and O–H groups in total. The van der Waals surface area contributed by atoms with E-state index in [1.807, 2.05) is 37.3 Å². The van der Waals surface area contributed by atoms with Gasteiger partial charge in [-0.3, -0.25) is 0 Å². The van der Waals surface area contributed by atoms with Crippen molar-refractivity contribution in [3.05, 3.63) is 59.2 Å². The van der Waals surface area contributed by atoms with Gasteiger partial charge < -0.3 is 9.64 Å². The second-order valence-electron chi connectivity index (χ2n) is 5.54. The van der Waals surface area contributed by atoms with Gasteiger partial charge in [-0.2, -0.15) is 14.0 Å². The molecule has 138 valence electrons. The maximum atomic E-state index is 13.7. The topological polar surface area (TPSA) is 36.3 Å². The van der Waals surface area contributed by atoms with E-state index in [1.54, 1.807) is 0 Å². The highest BCUT2D eigenvalue weighted by molar-refractivity contribution is 5.45. The van der Waals surface area contributed by atoms with E-state index in [0.29, 0.717) is 19.4 Å². The second kappa shape index (κ2) is 9.09. The number of hydrogen-bond donors (Lipinski definition) is 0. The van der Waals surface area contributed by atoms with Gasteiger partial charge in [0.15, 0.2) is 17.4 Å². The van der Waals surface area contributed by atoms with E-state index < -0.39 is 34.6 Å². The van der Waals surface area contributed by atoms with E-state index in [2.05, 4.69) is 4.90 Å². The van der Waals surface area contributed by atoms with E-state index in [4.69, 9.17) is 10.00 Å². The number of benzene rings is 2. The fraction of sp³-hybridized carbons (Fsp3) is 0.316. The zero-order valence-corrected chi connectivity index (χ0v) is 14.2. The number of para-hydroxylation sites is 1. The minimum atomic E-state index is -1.75. The van der Waals surface area contributed by atoms with Gasteiger partial charge in [0.1, 0.15) is 11.6 Å². The van der Waals surface area contributed by atoms with Crippen LogP contribution in [-0.4, -0.2) is 19.7 Å². The lowest BCUT2D eigenvalue weighted by atomic mass is 10.2. The van der Waals surface area contributed by atoms with E-state index in [1.165, 1.54) is 0 Å². The lowest BCUT2D eigenvalue weighted by Gasteiger charge is -2.23. The summed E-state index contributed by atoms with van der Waals surface area (Å²) in [5.41, 5.74) is -0.238. The van der Waals surface area contributed by atoms with E-state index in [0.717, 1.165) is 18.3 Å². The summed E-state index contributed by atoms with van der Waals surface area (Å²) in [4.78, 5) is 2.13. The molecule has 0 saturated heterocycles. The summed E-state index contributed by atoms with van der Waals surface area (Å²) in [5.74, 6) is -8.01. The predicted octanol–water partition coefficient (Wildman–Crippen LogP) is 4.80. The summed E-state index contributed by atoms with van der Waals surface area (Å²) in [5, 5.41) is 8.55. The molecule has 0 aliphatic rings. The summed E-state index contributed by atoms with van der Waals surface area (Å²) in [7, 11) is 0. The normalized spacial score (nSPS) is 10.5. The molecule has 0 aliphatic carbocycles. The van der Waals surface area contributed by atoms with Crippen molar-refractivity contribution in [3.8, 4) is 11.8 Å².